The fourth-order valence-electron chi connectivity index (χ4n) is 4.72. The second kappa shape index (κ2) is 11.1. The van der Waals surface area contributed by atoms with Crippen molar-refractivity contribution in [2.24, 2.45) is 0 Å². The Morgan fingerprint density at radius 2 is 1.75 bits per heavy atom. The molecule has 4 aromatic rings. The fourth-order valence-corrected chi connectivity index (χ4v) is 6.33. The predicted octanol–water partition coefficient (Wildman–Crippen LogP) is 5.36. The molecule has 0 unspecified atom stereocenters. The number of carbonyl (C=O) groups is 1. The van der Waals surface area contributed by atoms with Gasteiger partial charge in [0, 0.05) is 24.4 Å². The number of hydrogen-bond donors (Lipinski definition) is 1. The quantitative estimate of drug-likeness (QED) is 0.290. The van der Waals surface area contributed by atoms with Crippen molar-refractivity contribution in [1.82, 2.24) is 4.31 Å². The molecule has 0 bridgehead atoms. The van der Waals surface area contributed by atoms with E-state index in [1.54, 1.807) is 48.5 Å². The number of fused-ring (bicyclic) bond motifs is 1. The molecule has 2 heterocycles. The van der Waals surface area contributed by atoms with Crippen LogP contribution in [0, 0.1) is 0 Å². The molecule has 1 aliphatic rings. The number of Topliss-reactive ketones (excluding diaryl/α,β-unsaturated/α-hetero) is 1. The molecule has 1 fully saturated rings. The van der Waals surface area contributed by atoms with E-state index in [2.05, 4.69) is 0 Å². The molecular weight excluding hydrogens is 547 g/mol. The number of aryl methyl sites for hydroxylation is 1. The second-order valence-corrected chi connectivity index (χ2v) is 11.5. The van der Waals surface area contributed by atoms with Crippen molar-refractivity contribution >= 4 is 26.8 Å². The average Bonchev–Trinajstić information content (AvgIpc) is 3.55. The number of rotatable bonds is 9. The lowest BCUT2D eigenvalue weighted by Crippen LogP contribution is -2.40. The van der Waals surface area contributed by atoms with Crippen LogP contribution in [0.15, 0.2) is 88.4 Å². The van der Waals surface area contributed by atoms with Crippen LogP contribution in [0.3, 0.4) is 0 Å². The first kappa shape index (κ1) is 27.9. The number of aliphatic hydroxyl groups excluding tert-OH is 1. The van der Waals surface area contributed by atoms with Gasteiger partial charge < -0.3 is 14.3 Å². The van der Waals surface area contributed by atoms with Gasteiger partial charge in [-0.05, 0) is 54.3 Å². The molecule has 0 amide bonds. The third-order valence-corrected chi connectivity index (χ3v) is 8.55. The van der Waals surface area contributed by atoms with E-state index in [1.165, 1.54) is 18.2 Å². The van der Waals surface area contributed by atoms with Gasteiger partial charge in [0.1, 0.15) is 17.9 Å². The Balaban J connectivity index is 1.22. The van der Waals surface area contributed by atoms with Crippen molar-refractivity contribution in [3.05, 3.63) is 95.6 Å². The van der Waals surface area contributed by atoms with E-state index >= 15 is 0 Å². The number of β-amino-alcohol motifs (C(OH)–C–C–N with tert-alkyl or cyclic N) is 1. The summed E-state index contributed by atoms with van der Waals surface area (Å²) < 4.78 is 77.2. The number of sulfonamides is 1. The number of ether oxygens (including phenoxy) is 1. The lowest BCUT2D eigenvalue weighted by atomic mass is 10.0. The Labute approximate surface area is 228 Å². The number of hydrogen-bond acceptors (Lipinski definition) is 6. The van der Waals surface area contributed by atoms with Gasteiger partial charge in [-0.25, -0.2) is 8.42 Å². The van der Waals surface area contributed by atoms with Crippen LogP contribution in [-0.4, -0.2) is 42.3 Å². The molecule has 1 saturated heterocycles. The van der Waals surface area contributed by atoms with Crippen molar-refractivity contribution in [2.75, 3.05) is 6.54 Å². The molecule has 3 aromatic carbocycles. The van der Waals surface area contributed by atoms with E-state index in [1.807, 2.05) is 0 Å². The van der Waals surface area contributed by atoms with Gasteiger partial charge in [-0.2, -0.15) is 17.5 Å². The molecule has 1 N–H and O–H groups in total. The third kappa shape index (κ3) is 6.06. The summed E-state index contributed by atoms with van der Waals surface area (Å²) in [6, 6.07) is 18.9. The van der Waals surface area contributed by atoms with Gasteiger partial charge in [-0.1, -0.05) is 42.5 Å². The normalized spacial score (nSPS) is 18.3. The highest BCUT2D eigenvalue weighted by molar-refractivity contribution is 7.89. The zero-order chi connectivity index (χ0) is 28.5. The summed E-state index contributed by atoms with van der Waals surface area (Å²) in [7, 11) is -4.16. The Bertz CT molecular complexity index is 1580. The number of halogens is 3. The lowest BCUT2D eigenvalue weighted by Gasteiger charge is -2.21. The molecule has 210 valence electrons. The minimum atomic E-state index is -4.41. The first-order chi connectivity index (χ1) is 19.0. The summed E-state index contributed by atoms with van der Waals surface area (Å²) in [5.74, 6) is 0.155. The van der Waals surface area contributed by atoms with Crippen LogP contribution in [-0.2, 0) is 34.0 Å². The number of aliphatic hydroxyl groups is 1. The van der Waals surface area contributed by atoms with Gasteiger partial charge in [-0.3, -0.25) is 4.79 Å². The van der Waals surface area contributed by atoms with Gasteiger partial charge in [0.15, 0.2) is 5.78 Å². The Kier molecular flexibility index (Phi) is 7.72. The highest BCUT2D eigenvalue weighted by atomic mass is 32.2. The summed E-state index contributed by atoms with van der Waals surface area (Å²) in [6.45, 7) is -0.141. The minimum absolute atomic E-state index is 0.00539. The van der Waals surface area contributed by atoms with Gasteiger partial charge >= 0.3 is 6.18 Å². The third-order valence-electron chi connectivity index (χ3n) is 6.82. The standard InChI is InChI=1S/C29H26F3NO6S/c30-29(31,32)22-11-8-20(9-12-22)18-38-24-6-3-4-19(14-24)10-13-26(35)25-16-23(34)17-33(25)40(36,37)28-15-21-5-1-2-7-27(21)39-28/h1-9,11-12,14-15,23,25,34H,10,13,16-18H2/t23-,25+/m1/s1. The van der Waals surface area contributed by atoms with E-state index in [0.29, 0.717) is 28.7 Å². The Hall–Kier alpha value is -3.67. The van der Waals surface area contributed by atoms with E-state index < -0.39 is 33.9 Å². The Morgan fingerprint density at radius 3 is 2.48 bits per heavy atom. The summed E-state index contributed by atoms with van der Waals surface area (Å²) in [4.78, 5) is 13.2. The van der Waals surface area contributed by atoms with Crippen LogP contribution in [0.2, 0.25) is 0 Å². The highest BCUT2D eigenvalue weighted by Crippen LogP contribution is 2.32. The molecule has 1 aliphatic heterocycles. The van der Waals surface area contributed by atoms with Crippen LogP contribution in [0.4, 0.5) is 13.2 Å². The lowest BCUT2D eigenvalue weighted by molar-refractivity contribution is -0.137. The maximum absolute atomic E-state index is 13.3. The molecule has 0 spiro atoms. The SMILES string of the molecule is O=C(CCc1cccc(OCc2ccc(C(F)(F)F)cc2)c1)[C@@H]1C[C@@H](O)CN1S(=O)(=O)c1cc2ccccc2o1. The summed E-state index contributed by atoms with van der Waals surface area (Å²) in [5.41, 5.74) is 1.01. The van der Waals surface area contributed by atoms with Gasteiger partial charge in [0.05, 0.1) is 17.7 Å². The molecule has 11 heteroatoms. The topological polar surface area (TPSA) is 97.0 Å². The molecule has 2 atom stereocenters. The zero-order valence-corrected chi connectivity index (χ0v) is 22.0. The molecule has 7 nitrogen and oxygen atoms in total. The summed E-state index contributed by atoms with van der Waals surface area (Å²) in [6.07, 6.45) is -5.05. The van der Waals surface area contributed by atoms with Gasteiger partial charge in [-0.15, -0.1) is 0 Å². The van der Waals surface area contributed by atoms with Crippen LogP contribution < -0.4 is 4.74 Å². The molecule has 0 saturated carbocycles. The average molecular weight is 574 g/mol. The fraction of sp³-hybridized carbons (Fsp3) is 0.276. The smallest absolute Gasteiger partial charge is 0.416 e. The first-order valence-corrected chi connectivity index (χ1v) is 14.0. The predicted molar refractivity (Wildman–Crippen MR) is 140 cm³/mol. The van der Waals surface area contributed by atoms with Crippen LogP contribution in [0.1, 0.15) is 29.5 Å². The number of benzene rings is 3. The minimum Gasteiger partial charge on any atom is -0.489 e. The molecule has 1 aromatic heterocycles. The highest BCUT2D eigenvalue weighted by Gasteiger charge is 2.44. The van der Waals surface area contributed by atoms with Crippen molar-refractivity contribution < 1.29 is 40.6 Å². The molecule has 0 aliphatic carbocycles. The van der Waals surface area contributed by atoms with E-state index in [0.717, 1.165) is 22.0 Å². The maximum atomic E-state index is 13.3. The van der Waals surface area contributed by atoms with Crippen molar-refractivity contribution in [3.8, 4) is 5.75 Å². The number of alkyl halides is 3. The number of nitrogens with zero attached hydrogens (tertiary/aromatic N) is 1. The van der Waals surface area contributed by atoms with Crippen molar-refractivity contribution in [2.45, 2.75) is 49.3 Å². The number of carbonyl (C=O) groups excluding carboxylic acids is 1. The zero-order valence-electron chi connectivity index (χ0n) is 21.2. The van der Waals surface area contributed by atoms with Crippen molar-refractivity contribution in [3.63, 3.8) is 0 Å². The Morgan fingerprint density at radius 1 is 1.00 bits per heavy atom. The number of ketones is 1. The largest absolute Gasteiger partial charge is 0.489 e. The molecule has 0 radical (unpaired) electrons. The monoisotopic (exact) mass is 573 g/mol. The van der Waals surface area contributed by atoms with Crippen LogP contribution >= 0.6 is 0 Å². The maximum Gasteiger partial charge on any atom is 0.416 e. The van der Waals surface area contributed by atoms with E-state index in [4.69, 9.17) is 9.15 Å². The van der Waals surface area contributed by atoms with Crippen LogP contribution in [0.5, 0.6) is 5.75 Å². The van der Waals surface area contributed by atoms with Gasteiger partial charge in [0.2, 0.25) is 5.09 Å². The summed E-state index contributed by atoms with van der Waals surface area (Å²) in [5, 5.41) is 10.6. The molecule has 5 rings (SSSR count). The number of furan rings is 1. The summed E-state index contributed by atoms with van der Waals surface area (Å²) >= 11 is 0. The van der Waals surface area contributed by atoms with Crippen molar-refractivity contribution in [1.29, 1.82) is 0 Å². The van der Waals surface area contributed by atoms with E-state index in [9.17, 15) is 31.5 Å². The molecular formula is C29H26F3NO6S. The van der Waals surface area contributed by atoms with Gasteiger partial charge in [0.25, 0.3) is 10.0 Å². The van der Waals surface area contributed by atoms with E-state index in [-0.39, 0.29) is 36.9 Å². The second-order valence-electron chi connectivity index (χ2n) is 9.68. The first-order valence-electron chi connectivity index (χ1n) is 12.6. The van der Waals surface area contributed by atoms with Crippen LogP contribution in [0.25, 0.3) is 11.0 Å². The molecule has 40 heavy (non-hydrogen) atoms. The number of para-hydroxylation sites is 1.